The highest BCUT2D eigenvalue weighted by Gasteiger charge is 2.31. The van der Waals surface area contributed by atoms with Gasteiger partial charge in [0.1, 0.15) is 0 Å². The molecular formula is C11H22O2. The van der Waals surface area contributed by atoms with E-state index in [0.29, 0.717) is 6.10 Å². The summed E-state index contributed by atoms with van der Waals surface area (Å²) in [4.78, 5) is 0. The van der Waals surface area contributed by atoms with Crippen molar-refractivity contribution >= 4 is 0 Å². The van der Waals surface area contributed by atoms with Crippen LogP contribution in [0.4, 0.5) is 0 Å². The van der Waals surface area contributed by atoms with Gasteiger partial charge < -0.3 is 9.47 Å². The van der Waals surface area contributed by atoms with Crippen LogP contribution in [-0.2, 0) is 9.47 Å². The van der Waals surface area contributed by atoms with Crippen molar-refractivity contribution in [1.82, 2.24) is 0 Å². The topological polar surface area (TPSA) is 18.5 Å². The fourth-order valence-electron chi connectivity index (χ4n) is 1.79. The first-order chi connectivity index (χ1) is 6.16. The zero-order valence-electron chi connectivity index (χ0n) is 9.14. The molecule has 0 aromatic heterocycles. The molecule has 0 unspecified atom stereocenters. The lowest BCUT2D eigenvalue weighted by molar-refractivity contribution is -0.283. The third-order valence-electron chi connectivity index (χ3n) is 2.62. The lowest BCUT2D eigenvalue weighted by atomic mass is 10.1. The molecule has 0 spiro atoms. The van der Waals surface area contributed by atoms with Crippen LogP contribution in [0.25, 0.3) is 0 Å². The largest absolute Gasteiger partial charge is 0.350 e. The van der Waals surface area contributed by atoms with E-state index in [1.807, 2.05) is 0 Å². The van der Waals surface area contributed by atoms with Crippen LogP contribution in [-0.4, -0.2) is 18.5 Å². The smallest absolute Gasteiger partial charge is 0.165 e. The molecule has 0 bridgehead atoms. The van der Waals surface area contributed by atoms with Crippen LogP contribution in [0.15, 0.2) is 0 Å². The van der Waals surface area contributed by atoms with Gasteiger partial charge in [-0.05, 0) is 26.7 Å². The van der Waals surface area contributed by atoms with Gasteiger partial charge in [-0.2, -0.15) is 0 Å². The van der Waals surface area contributed by atoms with Crippen LogP contribution in [0.2, 0.25) is 0 Å². The lowest BCUT2D eigenvalue weighted by Crippen LogP contribution is -2.41. The number of hydrogen-bond acceptors (Lipinski definition) is 2. The van der Waals surface area contributed by atoms with E-state index in [9.17, 15) is 0 Å². The Morgan fingerprint density at radius 3 is 2.77 bits per heavy atom. The van der Waals surface area contributed by atoms with Crippen LogP contribution >= 0.6 is 0 Å². The molecule has 2 nitrogen and oxygen atoms in total. The summed E-state index contributed by atoms with van der Waals surface area (Å²) in [6, 6.07) is 0. The monoisotopic (exact) mass is 186 g/mol. The molecule has 0 aliphatic carbocycles. The summed E-state index contributed by atoms with van der Waals surface area (Å²) in [6.07, 6.45) is 6.16. The summed E-state index contributed by atoms with van der Waals surface area (Å²) in [5, 5.41) is 0. The standard InChI is InChI=1S/C11H22O2/c1-4-5-6-8-11(3)12-9-7-10(2)13-11/h10H,4-9H2,1-3H3/t10-,11+/m1/s1. The predicted octanol–water partition coefficient (Wildman–Crippen LogP) is 3.11. The van der Waals surface area contributed by atoms with Gasteiger partial charge in [-0.15, -0.1) is 0 Å². The Labute approximate surface area is 81.6 Å². The maximum atomic E-state index is 5.80. The molecule has 1 heterocycles. The second kappa shape index (κ2) is 4.97. The average molecular weight is 186 g/mol. The molecule has 1 aliphatic rings. The molecular weight excluding hydrogens is 164 g/mol. The molecule has 1 fully saturated rings. The van der Waals surface area contributed by atoms with Gasteiger partial charge in [0.05, 0.1) is 12.7 Å². The molecule has 2 heteroatoms. The molecule has 1 aliphatic heterocycles. The van der Waals surface area contributed by atoms with E-state index in [2.05, 4.69) is 20.8 Å². The summed E-state index contributed by atoms with van der Waals surface area (Å²) >= 11 is 0. The van der Waals surface area contributed by atoms with Crippen molar-refractivity contribution in [2.45, 2.75) is 64.8 Å². The molecule has 2 atom stereocenters. The summed E-state index contributed by atoms with van der Waals surface area (Å²) in [6.45, 7) is 7.26. The predicted molar refractivity (Wildman–Crippen MR) is 53.7 cm³/mol. The van der Waals surface area contributed by atoms with Crippen molar-refractivity contribution < 1.29 is 9.47 Å². The van der Waals surface area contributed by atoms with Crippen LogP contribution in [0.3, 0.4) is 0 Å². The van der Waals surface area contributed by atoms with Crippen LogP contribution < -0.4 is 0 Å². The lowest BCUT2D eigenvalue weighted by Gasteiger charge is -2.37. The first-order valence-corrected chi connectivity index (χ1v) is 5.48. The number of unbranched alkanes of at least 4 members (excludes halogenated alkanes) is 2. The molecule has 0 radical (unpaired) electrons. The number of rotatable bonds is 4. The highest BCUT2D eigenvalue weighted by atomic mass is 16.7. The van der Waals surface area contributed by atoms with Crippen molar-refractivity contribution in [2.75, 3.05) is 6.61 Å². The molecule has 0 amide bonds. The van der Waals surface area contributed by atoms with Crippen LogP contribution in [0, 0.1) is 0 Å². The minimum atomic E-state index is -0.299. The molecule has 0 saturated carbocycles. The molecule has 0 aromatic carbocycles. The van der Waals surface area contributed by atoms with Gasteiger partial charge in [0, 0.05) is 6.42 Å². The van der Waals surface area contributed by atoms with Gasteiger partial charge in [0.15, 0.2) is 5.79 Å². The third kappa shape index (κ3) is 3.65. The fraction of sp³-hybridized carbons (Fsp3) is 1.00. The van der Waals surface area contributed by atoms with Crippen molar-refractivity contribution in [3.8, 4) is 0 Å². The molecule has 1 saturated heterocycles. The van der Waals surface area contributed by atoms with Crippen LogP contribution in [0.5, 0.6) is 0 Å². The Morgan fingerprint density at radius 1 is 1.38 bits per heavy atom. The fourth-order valence-corrected chi connectivity index (χ4v) is 1.79. The minimum Gasteiger partial charge on any atom is -0.350 e. The summed E-state index contributed by atoms with van der Waals surface area (Å²) < 4.78 is 11.5. The highest BCUT2D eigenvalue weighted by Crippen LogP contribution is 2.27. The number of ether oxygens (including phenoxy) is 2. The van der Waals surface area contributed by atoms with E-state index in [1.54, 1.807) is 0 Å². The van der Waals surface area contributed by atoms with Gasteiger partial charge in [0.2, 0.25) is 0 Å². The second-order valence-corrected chi connectivity index (χ2v) is 4.16. The average Bonchev–Trinajstić information content (AvgIpc) is 2.04. The van der Waals surface area contributed by atoms with E-state index < -0.39 is 0 Å². The van der Waals surface area contributed by atoms with Crippen molar-refractivity contribution in [2.24, 2.45) is 0 Å². The quantitative estimate of drug-likeness (QED) is 0.628. The van der Waals surface area contributed by atoms with Crippen molar-refractivity contribution in [3.63, 3.8) is 0 Å². The molecule has 0 aromatic rings. The van der Waals surface area contributed by atoms with E-state index in [1.165, 1.54) is 19.3 Å². The molecule has 1 rings (SSSR count). The first kappa shape index (κ1) is 11.0. The summed E-state index contributed by atoms with van der Waals surface area (Å²) in [5.74, 6) is -0.299. The third-order valence-corrected chi connectivity index (χ3v) is 2.62. The Hall–Kier alpha value is -0.0800. The van der Waals surface area contributed by atoms with Gasteiger partial charge in [-0.1, -0.05) is 19.8 Å². The maximum Gasteiger partial charge on any atom is 0.165 e. The molecule has 0 N–H and O–H groups in total. The Balaban J connectivity index is 2.27. The zero-order valence-corrected chi connectivity index (χ0v) is 9.14. The van der Waals surface area contributed by atoms with E-state index in [-0.39, 0.29) is 5.79 Å². The van der Waals surface area contributed by atoms with E-state index in [0.717, 1.165) is 19.4 Å². The SMILES string of the molecule is CCCCC[C@@]1(C)OCC[C@@H](C)O1. The normalized spacial score (nSPS) is 34.8. The highest BCUT2D eigenvalue weighted by molar-refractivity contribution is 4.70. The number of hydrogen-bond donors (Lipinski definition) is 0. The van der Waals surface area contributed by atoms with Crippen molar-refractivity contribution in [1.29, 1.82) is 0 Å². The maximum absolute atomic E-state index is 5.80. The van der Waals surface area contributed by atoms with Gasteiger partial charge in [0.25, 0.3) is 0 Å². The van der Waals surface area contributed by atoms with Gasteiger partial charge in [-0.3, -0.25) is 0 Å². The van der Waals surface area contributed by atoms with E-state index >= 15 is 0 Å². The van der Waals surface area contributed by atoms with Gasteiger partial charge in [-0.25, -0.2) is 0 Å². The zero-order chi connectivity index (χ0) is 9.73. The molecule has 78 valence electrons. The summed E-state index contributed by atoms with van der Waals surface area (Å²) in [7, 11) is 0. The van der Waals surface area contributed by atoms with Gasteiger partial charge >= 0.3 is 0 Å². The van der Waals surface area contributed by atoms with E-state index in [4.69, 9.17) is 9.47 Å². The Kier molecular flexibility index (Phi) is 4.20. The second-order valence-electron chi connectivity index (χ2n) is 4.16. The minimum absolute atomic E-state index is 0.299. The Morgan fingerprint density at radius 2 is 2.15 bits per heavy atom. The van der Waals surface area contributed by atoms with Crippen molar-refractivity contribution in [3.05, 3.63) is 0 Å². The molecule has 13 heavy (non-hydrogen) atoms. The first-order valence-electron chi connectivity index (χ1n) is 5.48. The summed E-state index contributed by atoms with van der Waals surface area (Å²) in [5.41, 5.74) is 0. The van der Waals surface area contributed by atoms with Crippen LogP contribution in [0.1, 0.15) is 52.9 Å². The Bertz CT molecular complexity index is 147.